The molecule has 0 bridgehead atoms. The van der Waals surface area contributed by atoms with Crippen LogP contribution in [0.25, 0.3) is 5.57 Å². The van der Waals surface area contributed by atoms with Crippen molar-refractivity contribution in [3.8, 4) is 0 Å². The van der Waals surface area contributed by atoms with Crippen molar-refractivity contribution in [2.45, 2.75) is 46.1 Å². The normalized spacial score (nSPS) is 11.5. The van der Waals surface area contributed by atoms with Gasteiger partial charge in [0, 0.05) is 0 Å². The molecule has 0 atom stereocenters. The van der Waals surface area contributed by atoms with Gasteiger partial charge in [-0.3, -0.25) is 0 Å². The maximum Gasteiger partial charge on any atom is 0.269 e. The molecule has 0 saturated carbocycles. The molecule has 0 aliphatic carbocycles. The van der Waals surface area contributed by atoms with Crippen LogP contribution in [-0.4, -0.2) is 15.4 Å². The van der Waals surface area contributed by atoms with Crippen molar-refractivity contribution in [3.05, 3.63) is 36.4 Å². The summed E-state index contributed by atoms with van der Waals surface area (Å²) in [5.74, 6) is 0. The van der Waals surface area contributed by atoms with Crippen LogP contribution in [0.1, 0.15) is 46.1 Å². The van der Waals surface area contributed by atoms with Gasteiger partial charge in [0.1, 0.15) is 0 Å². The number of allylic oxidation sites excluding steroid dienone is 1. The van der Waals surface area contributed by atoms with E-state index in [9.17, 15) is 0 Å². The van der Waals surface area contributed by atoms with Crippen LogP contribution in [-0.2, 0) is 4.43 Å². The summed E-state index contributed by atoms with van der Waals surface area (Å²) >= 11 is 0. The van der Waals surface area contributed by atoms with Gasteiger partial charge in [0.25, 0.3) is 9.76 Å². The Balaban J connectivity index is 2.63. The summed E-state index contributed by atoms with van der Waals surface area (Å²) in [6.45, 7) is 12.5. The summed E-state index contributed by atoms with van der Waals surface area (Å²) in [6, 6.07) is 8.45. The molecule has 0 unspecified atom stereocenters. The van der Waals surface area contributed by atoms with Gasteiger partial charge in [-0.1, -0.05) is 49.8 Å². The zero-order valence-corrected chi connectivity index (χ0v) is 12.3. The molecule has 0 saturated heterocycles. The Morgan fingerprint density at radius 2 is 2.12 bits per heavy atom. The molecule has 2 radical (unpaired) electrons. The SMILES string of the molecule is C=C(C)c1cccc([Si]OC(C)(C)CCC)c1. The summed E-state index contributed by atoms with van der Waals surface area (Å²) in [6.07, 6.45) is 2.25. The van der Waals surface area contributed by atoms with E-state index < -0.39 is 0 Å². The van der Waals surface area contributed by atoms with Crippen LogP contribution in [0, 0.1) is 0 Å². The van der Waals surface area contributed by atoms with E-state index in [1.807, 2.05) is 6.92 Å². The van der Waals surface area contributed by atoms with Crippen molar-refractivity contribution in [2.75, 3.05) is 0 Å². The molecule has 1 nitrogen and oxygen atoms in total. The Hall–Kier alpha value is -0.863. The average molecular weight is 246 g/mol. The minimum Gasteiger partial charge on any atom is -0.406 e. The maximum atomic E-state index is 5.99. The molecule has 17 heavy (non-hydrogen) atoms. The summed E-state index contributed by atoms with van der Waals surface area (Å²) in [7, 11) is 0.414. The van der Waals surface area contributed by atoms with Crippen molar-refractivity contribution in [2.24, 2.45) is 0 Å². The van der Waals surface area contributed by atoms with Crippen LogP contribution in [0.5, 0.6) is 0 Å². The van der Waals surface area contributed by atoms with E-state index in [-0.39, 0.29) is 5.60 Å². The van der Waals surface area contributed by atoms with Crippen molar-refractivity contribution in [1.82, 2.24) is 0 Å². The number of benzene rings is 1. The van der Waals surface area contributed by atoms with Gasteiger partial charge in [-0.2, -0.15) is 0 Å². The highest BCUT2D eigenvalue weighted by atomic mass is 28.2. The van der Waals surface area contributed by atoms with E-state index in [2.05, 4.69) is 51.6 Å². The lowest BCUT2D eigenvalue weighted by atomic mass is 10.0. The van der Waals surface area contributed by atoms with Gasteiger partial charge < -0.3 is 4.43 Å². The Bertz CT molecular complexity index is 382. The van der Waals surface area contributed by atoms with Crippen molar-refractivity contribution < 1.29 is 4.43 Å². The summed E-state index contributed by atoms with van der Waals surface area (Å²) in [4.78, 5) is 0. The third kappa shape index (κ3) is 4.88. The molecule has 1 rings (SSSR count). The standard InChI is InChI=1S/C15H22OSi/c1-6-10-15(4,5)16-17-14-9-7-8-13(11-14)12(2)3/h7-9,11H,2,6,10H2,1,3-5H3. The third-order valence-electron chi connectivity index (χ3n) is 2.65. The number of rotatable bonds is 6. The van der Waals surface area contributed by atoms with Gasteiger partial charge in [0.05, 0.1) is 5.60 Å². The van der Waals surface area contributed by atoms with Crippen molar-refractivity contribution in [1.29, 1.82) is 0 Å². The molecule has 0 aliphatic rings. The molecular formula is C15H22OSi. The number of hydrogen-bond acceptors (Lipinski definition) is 1. The molecule has 1 aromatic rings. The van der Waals surface area contributed by atoms with E-state index in [0.717, 1.165) is 18.4 Å². The Labute approximate surface area is 108 Å². The van der Waals surface area contributed by atoms with Crippen LogP contribution < -0.4 is 5.19 Å². The molecule has 0 fully saturated rings. The topological polar surface area (TPSA) is 9.23 Å². The molecule has 0 spiro atoms. The van der Waals surface area contributed by atoms with Crippen molar-refractivity contribution >= 4 is 20.5 Å². The summed E-state index contributed by atoms with van der Waals surface area (Å²) in [5, 5.41) is 1.25. The second kappa shape index (κ2) is 6.17. The van der Waals surface area contributed by atoms with Crippen molar-refractivity contribution in [3.63, 3.8) is 0 Å². The maximum absolute atomic E-state index is 5.99. The molecule has 92 valence electrons. The first-order chi connectivity index (χ1) is 7.94. The Morgan fingerprint density at radius 1 is 1.41 bits per heavy atom. The molecule has 0 aliphatic heterocycles. The zero-order valence-electron chi connectivity index (χ0n) is 11.3. The van der Waals surface area contributed by atoms with E-state index in [1.165, 1.54) is 10.8 Å². The second-order valence-corrected chi connectivity index (χ2v) is 6.06. The molecule has 0 heterocycles. The predicted octanol–water partition coefficient (Wildman–Crippen LogP) is 3.56. The van der Waals surface area contributed by atoms with E-state index >= 15 is 0 Å². The minimum atomic E-state index is -0.0214. The Kier molecular flexibility index (Phi) is 5.16. The lowest BCUT2D eigenvalue weighted by molar-refractivity contribution is 0.107. The molecule has 2 heteroatoms. The highest BCUT2D eigenvalue weighted by Crippen LogP contribution is 2.15. The predicted molar refractivity (Wildman–Crippen MR) is 76.6 cm³/mol. The van der Waals surface area contributed by atoms with Gasteiger partial charge in [0.2, 0.25) is 0 Å². The fourth-order valence-corrected chi connectivity index (χ4v) is 2.57. The lowest BCUT2D eigenvalue weighted by Crippen LogP contribution is -2.31. The van der Waals surface area contributed by atoms with Crippen LogP contribution >= 0.6 is 0 Å². The van der Waals surface area contributed by atoms with E-state index in [1.54, 1.807) is 0 Å². The number of hydrogen-bond donors (Lipinski definition) is 0. The minimum absolute atomic E-state index is 0.0214. The first-order valence-corrected chi connectivity index (χ1v) is 7.05. The fourth-order valence-electron chi connectivity index (χ4n) is 1.70. The molecule has 1 aromatic carbocycles. The van der Waals surface area contributed by atoms with Gasteiger partial charge in [-0.25, -0.2) is 0 Å². The van der Waals surface area contributed by atoms with Crippen LogP contribution in [0.4, 0.5) is 0 Å². The highest BCUT2D eigenvalue weighted by molar-refractivity contribution is 6.47. The second-order valence-electron chi connectivity index (χ2n) is 5.07. The third-order valence-corrected chi connectivity index (χ3v) is 3.85. The van der Waals surface area contributed by atoms with Crippen LogP contribution in [0.3, 0.4) is 0 Å². The fraction of sp³-hybridized carbons (Fsp3) is 0.467. The van der Waals surface area contributed by atoms with Crippen LogP contribution in [0.15, 0.2) is 30.8 Å². The largest absolute Gasteiger partial charge is 0.406 e. The van der Waals surface area contributed by atoms with Gasteiger partial charge >= 0.3 is 0 Å². The quantitative estimate of drug-likeness (QED) is 0.697. The average Bonchev–Trinajstić information content (AvgIpc) is 2.27. The highest BCUT2D eigenvalue weighted by Gasteiger charge is 2.17. The summed E-state index contributed by atoms with van der Waals surface area (Å²) < 4.78 is 5.99. The van der Waals surface area contributed by atoms with Gasteiger partial charge in [-0.15, -0.1) is 0 Å². The molecule has 0 N–H and O–H groups in total. The van der Waals surface area contributed by atoms with E-state index in [4.69, 9.17) is 4.43 Å². The molecule has 0 aromatic heterocycles. The first-order valence-electron chi connectivity index (χ1n) is 6.14. The van der Waals surface area contributed by atoms with Gasteiger partial charge in [-0.05, 0) is 37.9 Å². The van der Waals surface area contributed by atoms with E-state index in [0.29, 0.717) is 9.76 Å². The molecular weight excluding hydrogens is 224 g/mol. The lowest BCUT2D eigenvalue weighted by Gasteiger charge is -2.24. The smallest absolute Gasteiger partial charge is 0.269 e. The monoisotopic (exact) mass is 246 g/mol. The summed E-state index contributed by atoms with van der Waals surface area (Å²) in [5.41, 5.74) is 2.28. The Morgan fingerprint density at radius 3 is 2.71 bits per heavy atom. The van der Waals surface area contributed by atoms with Gasteiger partial charge in [0.15, 0.2) is 0 Å². The zero-order chi connectivity index (χ0) is 12.9. The first kappa shape index (κ1) is 14.2. The van der Waals surface area contributed by atoms with Crippen LogP contribution in [0.2, 0.25) is 0 Å². The molecule has 0 amide bonds.